The van der Waals surface area contributed by atoms with Crippen LogP contribution in [0.25, 0.3) is 0 Å². The van der Waals surface area contributed by atoms with Gasteiger partial charge in [-0.2, -0.15) is 0 Å². The molecule has 0 aromatic rings. The fourth-order valence-electron chi connectivity index (χ4n) is 1.52. The van der Waals surface area contributed by atoms with E-state index < -0.39 is 0 Å². The van der Waals surface area contributed by atoms with Crippen molar-refractivity contribution in [2.75, 3.05) is 19.6 Å². The van der Waals surface area contributed by atoms with Crippen LogP contribution in [0, 0.1) is 0 Å². The first kappa shape index (κ1) is 8.35. The van der Waals surface area contributed by atoms with Gasteiger partial charge in [0, 0.05) is 11.9 Å². The van der Waals surface area contributed by atoms with Gasteiger partial charge in [0.05, 0.1) is 0 Å². The molecule has 0 amide bonds. The van der Waals surface area contributed by atoms with Gasteiger partial charge in [0.1, 0.15) is 0 Å². The minimum Gasteiger partial charge on any atom is -0.302 e. The van der Waals surface area contributed by atoms with E-state index in [1.54, 1.807) is 0 Å². The normalized spacial score (nSPS) is 28.8. The van der Waals surface area contributed by atoms with Gasteiger partial charge in [0.2, 0.25) is 0 Å². The minimum atomic E-state index is 0.417. The van der Waals surface area contributed by atoms with E-state index in [0.717, 1.165) is 6.54 Å². The molecule has 1 heterocycles. The fraction of sp³-hybridized carbons (Fsp3) is 1.00. The molecule has 0 saturated carbocycles. The number of likely N-dealkylation sites (tertiary alicyclic amines) is 1. The molecule has 1 nitrogen and oxygen atoms in total. The van der Waals surface area contributed by atoms with Crippen LogP contribution in [0.4, 0.5) is 0 Å². The van der Waals surface area contributed by atoms with Gasteiger partial charge in [-0.25, -0.2) is 0 Å². The highest BCUT2D eigenvalue weighted by Gasteiger charge is 2.15. The van der Waals surface area contributed by atoms with E-state index in [4.69, 9.17) is 11.6 Å². The summed E-state index contributed by atoms with van der Waals surface area (Å²) in [7, 11) is 0. The molecule has 0 radical (unpaired) electrons. The molecular formula is C8H16ClN. The van der Waals surface area contributed by atoms with Crippen LogP contribution in [0.15, 0.2) is 0 Å². The summed E-state index contributed by atoms with van der Waals surface area (Å²) in [6.07, 6.45) is 3.75. The second-order valence-corrected chi connectivity index (χ2v) is 3.66. The number of alkyl halides is 1. The predicted octanol–water partition coefficient (Wildman–Crippen LogP) is 2.10. The highest BCUT2D eigenvalue weighted by molar-refractivity contribution is 6.20. The minimum absolute atomic E-state index is 0.417. The lowest BCUT2D eigenvalue weighted by Crippen LogP contribution is -2.36. The van der Waals surface area contributed by atoms with Crippen LogP contribution in [-0.2, 0) is 0 Å². The monoisotopic (exact) mass is 161 g/mol. The van der Waals surface area contributed by atoms with Crippen LogP contribution in [0.3, 0.4) is 0 Å². The summed E-state index contributed by atoms with van der Waals surface area (Å²) in [5.41, 5.74) is 0. The molecule has 0 aliphatic carbocycles. The molecule has 0 aromatic heterocycles. The van der Waals surface area contributed by atoms with Gasteiger partial charge in [-0.15, -0.1) is 11.6 Å². The van der Waals surface area contributed by atoms with Crippen LogP contribution >= 0.6 is 11.6 Å². The summed E-state index contributed by atoms with van der Waals surface area (Å²) in [5.74, 6) is 0. The molecule has 1 saturated heterocycles. The van der Waals surface area contributed by atoms with Crippen molar-refractivity contribution in [3.8, 4) is 0 Å². The number of nitrogens with zero attached hydrogens (tertiary/aromatic N) is 1. The van der Waals surface area contributed by atoms with E-state index >= 15 is 0 Å². The lowest BCUT2D eigenvalue weighted by Gasteiger charge is -2.29. The summed E-state index contributed by atoms with van der Waals surface area (Å²) in [6.45, 7) is 5.81. The average Bonchev–Trinajstić information content (AvgIpc) is 1.88. The van der Waals surface area contributed by atoms with Gasteiger partial charge < -0.3 is 4.90 Å². The molecule has 0 spiro atoms. The zero-order chi connectivity index (χ0) is 7.40. The number of hydrogen-bond donors (Lipinski definition) is 0. The molecule has 0 aromatic carbocycles. The number of halogens is 1. The second kappa shape index (κ2) is 4.20. The van der Waals surface area contributed by atoms with Gasteiger partial charge in [0.15, 0.2) is 0 Å². The third kappa shape index (κ3) is 2.47. The first-order valence-corrected chi connectivity index (χ1v) is 4.63. The third-order valence-electron chi connectivity index (χ3n) is 1.99. The van der Waals surface area contributed by atoms with Gasteiger partial charge >= 0.3 is 0 Å². The predicted molar refractivity (Wildman–Crippen MR) is 45.6 cm³/mol. The highest BCUT2D eigenvalue weighted by Crippen LogP contribution is 2.14. The van der Waals surface area contributed by atoms with E-state index in [1.807, 2.05) is 0 Å². The zero-order valence-corrected chi connectivity index (χ0v) is 7.40. The molecular weight excluding hydrogens is 146 g/mol. The van der Waals surface area contributed by atoms with Crippen molar-refractivity contribution >= 4 is 11.6 Å². The maximum absolute atomic E-state index is 6.01. The molecule has 1 fully saturated rings. The topological polar surface area (TPSA) is 3.24 Å². The van der Waals surface area contributed by atoms with Crippen molar-refractivity contribution in [2.45, 2.75) is 31.6 Å². The average molecular weight is 162 g/mol. The molecule has 1 aliphatic rings. The Morgan fingerprint density at radius 1 is 1.60 bits per heavy atom. The third-order valence-corrected chi connectivity index (χ3v) is 2.34. The molecule has 2 heteroatoms. The summed E-state index contributed by atoms with van der Waals surface area (Å²) < 4.78 is 0. The second-order valence-electron chi connectivity index (χ2n) is 3.04. The molecule has 0 N–H and O–H groups in total. The Kier molecular flexibility index (Phi) is 3.50. The summed E-state index contributed by atoms with van der Waals surface area (Å²) in [5, 5.41) is 0.417. The van der Waals surface area contributed by atoms with E-state index in [2.05, 4.69) is 11.8 Å². The van der Waals surface area contributed by atoms with Crippen LogP contribution < -0.4 is 0 Å². The lowest BCUT2D eigenvalue weighted by atomic mass is 10.1. The largest absolute Gasteiger partial charge is 0.302 e. The fourth-order valence-corrected chi connectivity index (χ4v) is 1.87. The molecule has 60 valence electrons. The molecule has 1 atom stereocenters. The first-order valence-electron chi connectivity index (χ1n) is 4.19. The molecule has 1 aliphatic heterocycles. The van der Waals surface area contributed by atoms with Crippen molar-refractivity contribution in [3.05, 3.63) is 0 Å². The van der Waals surface area contributed by atoms with Crippen LogP contribution in [0.5, 0.6) is 0 Å². The number of rotatable bonds is 2. The summed E-state index contributed by atoms with van der Waals surface area (Å²) >= 11 is 6.01. The highest BCUT2D eigenvalue weighted by atomic mass is 35.5. The summed E-state index contributed by atoms with van der Waals surface area (Å²) in [4.78, 5) is 2.46. The molecule has 1 rings (SSSR count). The van der Waals surface area contributed by atoms with E-state index in [9.17, 15) is 0 Å². The number of hydrogen-bond acceptors (Lipinski definition) is 1. The maximum Gasteiger partial charge on any atom is 0.0463 e. The first-order chi connectivity index (χ1) is 4.83. The van der Waals surface area contributed by atoms with Crippen molar-refractivity contribution in [1.29, 1.82) is 0 Å². The Morgan fingerprint density at radius 2 is 2.40 bits per heavy atom. The molecule has 10 heavy (non-hydrogen) atoms. The van der Waals surface area contributed by atoms with Gasteiger partial charge in [-0.1, -0.05) is 6.92 Å². The summed E-state index contributed by atoms with van der Waals surface area (Å²) in [6, 6.07) is 0. The quantitative estimate of drug-likeness (QED) is 0.561. The Bertz CT molecular complexity index is 93.3. The van der Waals surface area contributed by atoms with Crippen molar-refractivity contribution < 1.29 is 0 Å². The Labute approximate surface area is 68.4 Å². The Morgan fingerprint density at radius 3 is 3.00 bits per heavy atom. The van der Waals surface area contributed by atoms with Crippen LogP contribution in [-0.4, -0.2) is 29.9 Å². The van der Waals surface area contributed by atoms with Crippen molar-refractivity contribution in [3.63, 3.8) is 0 Å². The number of piperidine rings is 1. The zero-order valence-electron chi connectivity index (χ0n) is 6.65. The van der Waals surface area contributed by atoms with E-state index in [1.165, 1.54) is 32.4 Å². The van der Waals surface area contributed by atoms with Gasteiger partial charge in [0.25, 0.3) is 0 Å². The SMILES string of the molecule is CCCN1CCCC(Cl)C1. The standard InChI is InChI=1S/C8H16ClN/c1-2-5-10-6-3-4-8(9)7-10/h8H,2-7H2,1H3. The van der Waals surface area contributed by atoms with E-state index in [-0.39, 0.29) is 0 Å². The van der Waals surface area contributed by atoms with Gasteiger partial charge in [-0.05, 0) is 32.4 Å². The van der Waals surface area contributed by atoms with Crippen molar-refractivity contribution in [1.82, 2.24) is 4.90 Å². The van der Waals surface area contributed by atoms with Crippen LogP contribution in [0.1, 0.15) is 26.2 Å². The van der Waals surface area contributed by atoms with E-state index in [0.29, 0.717) is 5.38 Å². The van der Waals surface area contributed by atoms with Crippen molar-refractivity contribution in [2.24, 2.45) is 0 Å². The maximum atomic E-state index is 6.01. The van der Waals surface area contributed by atoms with Gasteiger partial charge in [-0.3, -0.25) is 0 Å². The Hall–Kier alpha value is 0.250. The Balaban J connectivity index is 2.18. The molecule has 0 bridgehead atoms. The molecule has 1 unspecified atom stereocenters. The lowest BCUT2D eigenvalue weighted by molar-refractivity contribution is 0.232. The van der Waals surface area contributed by atoms with Crippen LogP contribution in [0.2, 0.25) is 0 Å². The smallest absolute Gasteiger partial charge is 0.0463 e.